The molecule has 1 aromatic heterocycles. The first-order valence-electron chi connectivity index (χ1n) is 12.4. The molecular formula is C29H23N3O6S. The number of non-ortho nitro benzene ring substituents is 1. The number of Topliss-reactive ketones (excluding diaryl/α,β-unsaturated/α-hetero) is 1. The number of hydrogen-bond acceptors (Lipinski definition) is 8. The predicted molar refractivity (Wildman–Crippen MR) is 147 cm³/mol. The normalized spacial score (nSPS) is 19.9. The molecule has 1 fully saturated rings. The molecule has 3 aromatic carbocycles. The molecule has 9 nitrogen and oxygen atoms in total. The molecule has 2 atom stereocenters. The molecule has 0 spiro atoms. The summed E-state index contributed by atoms with van der Waals surface area (Å²) in [6, 6.07) is 13.7. The lowest BCUT2D eigenvalue weighted by atomic mass is 9.94. The second-order valence-corrected chi connectivity index (χ2v) is 10.9. The van der Waals surface area contributed by atoms with E-state index in [0.29, 0.717) is 28.8 Å². The number of benzene rings is 3. The number of rotatable bonds is 4. The van der Waals surface area contributed by atoms with E-state index in [9.17, 15) is 24.8 Å². The molecule has 0 radical (unpaired) electrons. The van der Waals surface area contributed by atoms with Crippen molar-refractivity contribution in [1.29, 1.82) is 0 Å². The van der Waals surface area contributed by atoms with Crippen LogP contribution in [0.1, 0.15) is 40.8 Å². The molecule has 4 aromatic rings. The third-order valence-corrected chi connectivity index (χ3v) is 8.04. The van der Waals surface area contributed by atoms with Crippen molar-refractivity contribution in [3.05, 3.63) is 98.1 Å². The molecule has 0 unspecified atom stereocenters. The van der Waals surface area contributed by atoms with Crippen molar-refractivity contribution in [1.82, 2.24) is 4.98 Å². The molecule has 0 bridgehead atoms. The number of aryl methyl sites for hydroxylation is 2. The fourth-order valence-corrected chi connectivity index (χ4v) is 6.51. The summed E-state index contributed by atoms with van der Waals surface area (Å²) in [5, 5.41) is 23.3. The monoisotopic (exact) mass is 541 g/mol. The van der Waals surface area contributed by atoms with Gasteiger partial charge in [0.15, 0.2) is 5.13 Å². The Morgan fingerprint density at radius 2 is 1.95 bits per heavy atom. The maximum Gasteiger partial charge on any atom is 0.301 e. The number of ether oxygens (including phenoxy) is 1. The Kier molecular flexibility index (Phi) is 5.72. The van der Waals surface area contributed by atoms with Crippen LogP contribution >= 0.6 is 11.3 Å². The van der Waals surface area contributed by atoms with Gasteiger partial charge in [-0.05, 0) is 67.3 Å². The number of aliphatic hydroxyl groups is 1. The minimum atomic E-state index is -1.12. The maximum absolute atomic E-state index is 13.6. The molecule has 2 aliphatic heterocycles. The first kappa shape index (κ1) is 24.7. The Morgan fingerprint density at radius 3 is 2.72 bits per heavy atom. The fraction of sp³-hybridized carbons (Fsp3) is 0.207. The quantitative estimate of drug-likeness (QED) is 0.114. The van der Waals surface area contributed by atoms with Gasteiger partial charge in [-0.25, -0.2) is 4.98 Å². The molecule has 2 aliphatic rings. The van der Waals surface area contributed by atoms with E-state index in [1.54, 1.807) is 24.3 Å². The molecule has 1 amide bonds. The highest BCUT2D eigenvalue weighted by molar-refractivity contribution is 7.22. The number of ketones is 1. The average Bonchev–Trinajstić information content (AvgIpc) is 3.56. The first-order chi connectivity index (χ1) is 18.6. The summed E-state index contributed by atoms with van der Waals surface area (Å²) >= 11 is 1.25. The number of aliphatic hydroxyl groups excluding tert-OH is 1. The maximum atomic E-state index is 13.6. The second kappa shape index (κ2) is 9.02. The topological polar surface area (TPSA) is 123 Å². The standard InChI is InChI=1S/C29H23N3O6S/c1-14-9-15(2)24-22(10-14)39-29(30-24)31-25(17-5-4-6-20(13-17)32(36)37)23(27(34)28(31)35)26(33)18-7-8-21-19(12-18)11-16(3)38-21/h4-10,12-13,16,25,33H,11H2,1-3H3/t16-,25+/m0/s1. The van der Waals surface area contributed by atoms with Crippen LogP contribution in [0.5, 0.6) is 5.75 Å². The van der Waals surface area contributed by atoms with Crippen LogP contribution in [-0.4, -0.2) is 32.8 Å². The summed E-state index contributed by atoms with van der Waals surface area (Å²) in [6.45, 7) is 5.82. The molecular weight excluding hydrogens is 518 g/mol. The Bertz CT molecular complexity index is 1760. The van der Waals surface area contributed by atoms with E-state index in [2.05, 4.69) is 0 Å². The summed E-state index contributed by atoms with van der Waals surface area (Å²) in [6.07, 6.45) is 0.628. The number of carbonyl (C=O) groups excluding carboxylic acids is 2. The first-order valence-corrected chi connectivity index (χ1v) is 13.2. The van der Waals surface area contributed by atoms with Crippen molar-refractivity contribution in [2.24, 2.45) is 0 Å². The molecule has 10 heteroatoms. The average molecular weight is 542 g/mol. The molecule has 0 saturated carbocycles. The van der Waals surface area contributed by atoms with E-state index in [-0.39, 0.29) is 28.3 Å². The van der Waals surface area contributed by atoms with Crippen LogP contribution in [0.2, 0.25) is 0 Å². The van der Waals surface area contributed by atoms with Crippen molar-refractivity contribution in [2.45, 2.75) is 39.3 Å². The van der Waals surface area contributed by atoms with Crippen LogP contribution in [0.3, 0.4) is 0 Å². The summed E-state index contributed by atoms with van der Waals surface area (Å²) in [5.74, 6) is -1.40. The lowest BCUT2D eigenvalue weighted by molar-refractivity contribution is -0.384. The van der Waals surface area contributed by atoms with Crippen molar-refractivity contribution in [2.75, 3.05) is 4.90 Å². The van der Waals surface area contributed by atoms with Crippen LogP contribution in [0.4, 0.5) is 10.8 Å². The number of carbonyl (C=O) groups is 2. The van der Waals surface area contributed by atoms with Gasteiger partial charge in [0.25, 0.3) is 11.5 Å². The predicted octanol–water partition coefficient (Wildman–Crippen LogP) is 5.77. The summed E-state index contributed by atoms with van der Waals surface area (Å²) in [4.78, 5) is 44.1. The summed E-state index contributed by atoms with van der Waals surface area (Å²) in [7, 11) is 0. The molecule has 6 rings (SSSR count). The van der Waals surface area contributed by atoms with Gasteiger partial charge in [0.05, 0.1) is 26.8 Å². The number of nitro groups is 1. The van der Waals surface area contributed by atoms with Crippen molar-refractivity contribution in [3.63, 3.8) is 0 Å². The van der Waals surface area contributed by atoms with Gasteiger partial charge in [-0.1, -0.05) is 29.5 Å². The number of fused-ring (bicyclic) bond motifs is 2. The zero-order valence-electron chi connectivity index (χ0n) is 21.3. The summed E-state index contributed by atoms with van der Waals surface area (Å²) in [5.41, 5.74) is 3.86. The zero-order chi connectivity index (χ0) is 27.6. The molecule has 1 N–H and O–H groups in total. The number of anilines is 1. The SMILES string of the molecule is Cc1cc(C)c2nc(N3C(=O)C(=O)C(=C(O)c4ccc5c(c4)C[C@H](C)O5)[C@H]3c3cccc([N+](=O)[O-])c3)sc2c1. The highest BCUT2D eigenvalue weighted by atomic mass is 32.1. The van der Waals surface area contributed by atoms with Gasteiger partial charge < -0.3 is 9.84 Å². The van der Waals surface area contributed by atoms with Gasteiger partial charge in [0.1, 0.15) is 17.6 Å². The van der Waals surface area contributed by atoms with Gasteiger partial charge in [0.2, 0.25) is 0 Å². The van der Waals surface area contributed by atoms with Crippen molar-refractivity contribution >= 4 is 49.8 Å². The second-order valence-electron chi connectivity index (χ2n) is 9.90. The Labute approximate surface area is 227 Å². The minimum Gasteiger partial charge on any atom is -0.507 e. The van der Waals surface area contributed by atoms with Gasteiger partial charge in [-0.3, -0.25) is 24.6 Å². The smallest absolute Gasteiger partial charge is 0.301 e. The largest absolute Gasteiger partial charge is 0.507 e. The highest BCUT2D eigenvalue weighted by Gasteiger charge is 2.48. The van der Waals surface area contributed by atoms with Crippen LogP contribution in [-0.2, 0) is 16.0 Å². The Hall–Kier alpha value is -4.57. The third-order valence-electron chi connectivity index (χ3n) is 7.04. The highest BCUT2D eigenvalue weighted by Crippen LogP contribution is 2.45. The molecule has 1 saturated heterocycles. The van der Waals surface area contributed by atoms with Gasteiger partial charge in [0, 0.05) is 24.1 Å². The number of aromatic nitrogens is 1. The molecule has 3 heterocycles. The van der Waals surface area contributed by atoms with Gasteiger partial charge in [-0.15, -0.1) is 0 Å². The number of amides is 1. The fourth-order valence-electron chi connectivity index (χ4n) is 5.34. The van der Waals surface area contributed by atoms with E-state index in [1.807, 2.05) is 32.9 Å². The van der Waals surface area contributed by atoms with E-state index in [4.69, 9.17) is 9.72 Å². The van der Waals surface area contributed by atoms with Gasteiger partial charge in [-0.2, -0.15) is 0 Å². The van der Waals surface area contributed by atoms with Gasteiger partial charge >= 0.3 is 5.91 Å². The Balaban J connectivity index is 1.57. The van der Waals surface area contributed by atoms with Crippen molar-refractivity contribution in [3.8, 4) is 5.75 Å². The van der Waals surface area contributed by atoms with E-state index in [0.717, 1.165) is 21.4 Å². The van der Waals surface area contributed by atoms with E-state index >= 15 is 0 Å². The lowest BCUT2D eigenvalue weighted by Crippen LogP contribution is -2.29. The van der Waals surface area contributed by atoms with Crippen LogP contribution in [0.25, 0.3) is 16.0 Å². The molecule has 196 valence electrons. The third kappa shape index (κ3) is 4.04. The number of hydrogen-bond donors (Lipinski definition) is 1. The van der Waals surface area contributed by atoms with Crippen LogP contribution in [0.15, 0.2) is 60.2 Å². The number of thiazole rings is 1. The molecule has 39 heavy (non-hydrogen) atoms. The number of nitro benzene ring substituents is 1. The van der Waals surface area contributed by atoms with Crippen LogP contribution < -0.4 is 9.64 Å². The van der Waals surface area contributed by atoms with E-state index in [1.165, 1.54) is 34.4 Å². The minimum absolute atomic E-state index is 0.0148. The lowest BCUT2D eigenvalue weighted by Gasteiger charge is -2.22. The Morgan fingerprint density at radius 1 is 1.15 bits per heavy atom. The van der Waals surface area contributed by atoms with E-state index < -0.39 is 22.7 Å². The summed E-state index contributed by atoms with van der Waals surface area (Å²) < 4.78 is 6.60. The zero-order valence-corrected chi connectivity index (χ0v) is 22.1. The molecule has 0 aliphatic carbocycles. The van der Waals surface area contributed by atoms with Crippen LogP contribution in [0, 0.1) is 24.0 Å². The number of nitrogens with zero attached hydrogens (tertiary/aromatic N) is 3. The van der Waals surface area contributed by atoms with Crippen molar-refractivity contribution < 1.29 is 24.4 Å².